The largest absolute Gasteiger partial charge is 0.476 e. The fraction of sp³-hybridized carbons (Fsp3) is 0.906. The normalized spacial score (nSPS) is 11.4. The molecule has 0 bridgehead atoms. The maximum absolute atomic E-state index is 11.4. The van der Waals surface area contributed by atoms with Crippen molar-refractivity contribution in [3.63, 3.8) is 0 Å². The fourth-order valence-corrected chi connectivity index (χ4v) is 3.25. The topological polar surface area (TPSA) is 191 Å². The Hall–Kier alpha value is -1.87. The number of rotatable bonds is 41. The molecule has 0 aliphatic rings. The third-order valence-corrected chi connectivity index (χ3v) is 5.68. The molecule has 17 nitrogen and oxygen atoms in total. The van der Waals surface area contributed by atoms with E-state index in [4.69, 9.17) is 66.7 Å². The zero-order valence-corrected chi connectivity index (χ0v) is 29.4. The van der Waals surface area contributed by atoms with Gasteiger partial charge in [-0.25, -0.2) is 4.79 Å². The molecule has 0 radical (unpaired) electrons. The van der Waals surface area contributed by atoms with Crippen LogP contribution in [-0.2, 0) is 76.0 Å². The minimum atomic E-state index is -1.56. The molecule has 0 unspecified atom stereocenters. The van der Waals surface area contributed by atoms with Crippen molar-refractivity contribution in [2.75, 3.05) is 159 Å². The number of aliphatic carboxylic acids is 1. The van der Waals surface area contributed by atoms with E-state index >= 15 is 0 Å². The number of ether oxygens (including phenoxy) is 13. The van der Waals surface area contributed by atoms with Gasteiger partial charge in [-0.05, 0) is 13.8 Å². The van der Waals surface area contributed by atoms with E-state index in [-0.39, 0.29) is 32.2 Å². The molecular formula is C32H60O17. The lowest BCUT2D eigenvalue weighted by atomic mass is 10.2. The first-order chi connectivity index (χ1) is 23.9. The minimum Gasteiger partial charge on any atom is -0.476 e. The number of ketones is 1. The minimum absolute atomic E-state index is 0.0129. The Morgan fingerprint density at radius 2 is 0.633 bits per heavy atom. The molecule has 0 heterocycles. The molecule has 0 rings (SSSR count). The first-order valence-corrected chi connectivity index (χ1v) is 16.8. The smallest absolute Gasteiger partial charge is 0.372 e. The van der Waals surface area contributed by atoms with Gasteiger partial charge in [0.15, 0.2) is 0 Å². The zero-order valence-electron chi connectivity index (χ0n) is 29.4. The molecule has 0 aromatic carbocycles. The van der Waals surface area contributed by atoms with E-state index in [0.29, 0.717) is 145 Å². The van der Waals surface area contributed by atoms with E-state index in [9.17, 15) is 14.4 Å². The Bertz CT molecular complexity index is 740. The van der Waals surface area contributed by atoms with Crippen LogP contribution in [0.4, 0.5) is 0 Å². The Balaban J connectivity index is 3.12. The number of hydrogen-bond donors (Lipinski definition) is 1. The monoisotopic (exact) mass is 716 g/mol. The summed E-state index contributed by atoms with van der Waals surface area (Å²) >= 11 is 0. The van der Waals surface area contributed by atoms with Crippen LogP contribution in [0, 0.1) is 0 Å². The highest BCUT2D eigenvalue weighted by atomic mass is 16.6. The molecule has 1 N–H and O–H groups in total. The van der Waals surface area contributed by atoms with Gasteiger partial charge in [-0.2, -0.15) is 0 Å². The number of carbonyl (C=O) groups is 3. The highest BCUT2D eigenvalue weighted by Gasteiger charge is 2.14. The van der Waals surface area contributed by atoms with Crippen molar-refractivity contribution < 1.29 is 81.1 Å². The van der Waals surface area contributed by atoms with Crippen molar-refractivity contribution in [3.8, 4) is 0 Å². The average Bonchev–Trinajstić information content (AvgIpc) is 3.08. The van der Waals surface area contributed by atoms with Crippen LogP contribution in [0.15, 0.2) is 0 Å². The van der Waals surface area contributed by atoms with Gasteiger partial charge in [0.1, 0.15) is 6.61 Å². The van der Waals surface area contributed by atoms with Crippen LogP contribution in [0.1, 0.15) is 26.7 Å². The Kier molecular flexibility index (Phi) is 37.4. The van der Waals surface area contributed by atoms with E-state index in [1.54, 1.807) is 0 Å². The number of carboxylic acids is 1. The summed E-state index contributed by atoms with van der Waals surface area (Å²) < 4.78 is 69.8. The van der Waals surface area contributed by atoms with Crippen molar-refractivity contribution in [3.05, 3.63) is 0 Å². The average molecular weight is 717 g/mol. The summed E-state index contributed by atoms with van der Waals surface area (Å²) in [6, 6.07) is 0. The van der Waals surface area contributed by atoms with Gasteiger partial charge in [0.2, 0.25) is 5.78 Å². The molecule has 0 aromatic rings. The maximum Gasteiger partial charge on any atom is 0.372 e. The molecule has 0 aliphatic carbocycles. The van der Waals surface area contributed by atoms with Gasteiger partial charge in [-0.15, -0.1) is 0 Å². The molecule has 290 valence electrons. The first-order valence-electron chi connectivity index (χ1n) is 16.8. The number of carboxylic acid groups (broad SMARTS) is 1. The number of hydrogen-bond acceptors (Lipinski definition) is 16. The summed E-state index contributed by atoms with van der Waals surface area (Å²) in [7, 11) is 0. The molecule has 0 fully saturated rings. The van der Waals surface area contributed by atoms with Gasteiger partial charge in [-0.3, -0.25) is 9.59 Å². The predicted octanol–water partition coefficient (Wildman–Crippen LogP) is 0.571. The van der Waals surface area contributed by atoms with Crippen LogP contribution in [0.25, 0.3) is 0 Å². The van der Waals surface area contributed by atoms with Crippen LogP contribution in [-0.4, -0.2) is 187 Å². The molecule has 0 amide bonds. The molecule has 0 atom stereocenters. The van der Waals surface area contributed by atoms with Crippen LogP contribution in [0.5, 0.6) is 0 Å². The van der Waals surface area contributed by atoms with Crippen LogP contribution >= 0.6 is 0 Å². The Morgan fingerprint density at radius 1 is 0.388 bits per heavy atom. The van der Waals surface area contributed by atoms with Gasteiger partial charge < -0.3 is 66.7 Å². The van der Waals surface area contributed by atoms with Crippen LogP contribution < -0.4 is 0 Å². The Labute approximate surface area is 290 Å². The number of esters is 1. The second-order valence-corrected chi connectivity index (χ2v) is 10.1. The molecule has 0 aromatic heterocycles. The van der Waals surface area contributed by atoms with Crippen molar-refractivity contribution in [2.24, 2.45) is 0 Å². The van der Waals surface area contributed by atoms with Crippen LogP contribution in [0.2, 0.25) is 0 Å². The number of carbonyl (C=O) groups excluding carboxylic acids is 2. The summed E-state index contributed by atoms with van der Waals surface area (Å²) in [5, 5.41) is 8.44. The summed E-state index contributed by atoms with van der Waals surface area (Å²) in [5.41, 5.74) is 0. The summed E-state index contributed by atoms with van der Waals surface area (Å²) in [5.74, 6) is -3.24. The Morgan fingerprint density at radius 3 is 0.878 bits per heavy atom. The van der Waals surface area contributed by atoms with Crippen LogP contribution in [0.3, 0.4) is 0 Å². The quantitative estimate of drug-likeness (QED) is 0.0524. The lowest BCUT2D eigenvalue weighted by Gasteiger charge is -2.09. The van der Waals surface area contributed by atoms with E-state index in [2.05, 4.69) is 0 Å². The first kappa shape index (κ1) is 47.1. The van der Waals surface area contributed by atoms with Gasteiger partial charge in [0, 0.05) is 6.42 Å². The highest BCUT2D eigenvalue weighted by molar-refractivity contribution is 6.32. The van der Waals surface area contributed by atoms with Gasteiger partial charge in [-0.1, -0.05) is 0 Å². The second-order valence-electron chi connectivity index (χ2n) is 10.1. The van der Waals surface area contributed by atoms with Crippen molar-refractivity contribution in [1.29, 1.82) is 0 Å². The van der Waals surface area contributed by atoms with Gasteiger partial charge in [0.25, 0.3) is 0 Å². The van der Waals surface area contributed by atoms with Gasteiger partial charge >= 0.3 is 11.9 Å². The standard InChI is InChI=1S/C32H60O17/c1-29(2)48-27-25-46-23-21-44-19-17-42-15-13-40-11-9-38-7-5-37-6-8-39-10-12-41-14-16-43-18-20-45-22-24-47-26-28-49-31(34)4-3-30(33)32(35)36/h29H,3-28H2,1-2H3,(H,35,36). The van der Waals surface area contributed by atoms with E-state index in [1.807, 2.05) is 13.8 Å². The third-order valence-electron chi connectivity index (χ3n) is 5.68. The van der Waals surface area contributed by atoms with E-state index in [1.165, 1.54) is 0 Å². The lowest BCUT2D eigenvalue weighted by Crippen LogP contribution is -2.17. The third kappa shape index (κ3) is 40.4. The van der Waals surface area contributed by atoms with Crippen molar-refractivity contribution in [1.82, 2.24) is 0 Å². The van der Waals surface area contributed by atoms with Gasteiger partial charge in [0.05, 0.1) is 164 Å². The molecule has 0 saturated carbocycles. The summed E-state index contributed by atoms with van der Waals surface area (Å²) in [6.45, 7) is 14.6. The highest BCUT2D eigenvalue weighted by Crippen LogP contribution is 1.95. The fourth-order valence-electron chi connectivity index (χ4n) is 3.25. The van der Waals surface area contributed by atoms with E-state index < -0.39 is 17.7 Å². The maximum atomic E-state index is 11.4. The SMILES string of the molecule is CC(C)OCCOCCOCCOCCOCCOCCOCCOCCOCCOCCOCCOCCOC(=O)CCC(=O)C(=O)O. The second kappa shape index (κ2) is 38.9. The molecule has 49 heavy (non-hydrogen) atoms. The lowest BCUT2D eigenvalue weighted by molar-refractivity contribution is -0.151. The summed E-state index contributed by atoms with van der Waals surface area (Å²) in [6.07, 6.45) is -0.441. The molecule has 0 aliphatic heterocycles. The van der Waals surface area contributed by atoms with Crippen molar-refractivity contribution >= 4 is 17.7 Å². The molecule has 0 saturated heterocycles. The van der Waals surface area contributed by atoms with Crippen molar-refractivity contribution in [2.45, 2.75) is 32.8 Å². The zero-order chi connectivity index (χ0) is 35.9. The van der Waals surface area contributed by atoms with E-state index in [0.717, 1.165) is 0 Å². The molecular weight excluding hydrogens is 656 g/mol. The number of Topliss-reactive ketones (excluding diaryl/α,β-unsaturated/α-hetero) is 1. The predicted molar refractivity (Wildman–Crippen MR) is 173 cm³/mol. The summed E-state index contributed by atoms with van der Waals surface area (Å²) in [4.78, 5) is 32.6. The molecule has 0 spiro atoms. The molecule has 17 heteroatoms.